The SMILES string of the molecule is COc1cc(O)c(O)cc1Br. The molecular weight excluding hydrogens is 212 g/mol. The predicted molar refractivity (Wildman–Crippen MR) is 44.0 cm³/mol. The molecule has 0 bridgehead atoms. The molecule has 1 aromatic rings. The van der Waals surface area contributed by atoms with Crippen molar-refractivity contribution in [1.82, 2.24) is 0 Å². The number of methoxy groups -OCH3 is 1. The van der Waals surface area contributed by atoms with E-state index in [9.17, 15) is 0 Å². The molecular formula is C7H7BrO3. The molecule has 0 radical (unpaired) electrons. The Balaban J connectivity index is 3.21. The first-order chi connectivity index (χ1) is 5.15. The Hall–Kier alpha value is -0.900. The lowest BCUT2D eigenvalue weighted by Gasteiger charge is -2.04. The van der Waals surface area contributed by atoms with Crippen molar-refractivity contribution in [3.05, 3.63) is 16.6 Å². The summed E-state index contributed by atoms with van der Waals surface area (Å²) in [6, 6.07) is 2.70. The number of phenols is 2. The van der Waals surface area contributed by atoms with E-state index in [0.29, 0.717) is 10.2 Å². The van der Waals surface area contributed by atoms with E-state index in [1.165, 1.54) is 19.2 Å². The molecule has 3 nitrogen and oxygen atoms in total. The van der Waals surface area contributed by atoms with Crippen LogP contribution in [0.5, 0.6) is 17.2 Å². The monoisotopic (exact) mass is 218 g/mol. The summed E-state index contributed by atoms with van der Waals surface area (Å²) in [4.78, 5) is 0. The minimum absolute atomic E-state index is 0.169. The van der Waals surface area contributed by atoms with E-state index in [0.717, 1.165) is 0 Å². The standard InChI is InChI=1S/C7H7BrO3/c1-11-7-3-6(10)5(9)2-4(7)8/h2-3,9-10H,1H3. The van der Waals surface area contributed by atoms with Crippen LogP contribution in [0.4, 0.5) is 0 Å². The van der Waals surface area contributed by atoms with Gasteiger partial charge in [0.1, 0.15) is 5.75 Å². The van der Waals surface area contributed by atoms with E-state index in [2.05, 4.69) is 15.9 Å². The molecule has 1 rings (SSSR count). The van der Waals surface area contributed by atoms with Gasteiger partial charge < -0.3 is 14.9 Å². The normalized spacial score (nSPS) is 9.64. The van der Waals surface area contributed by atoms with E-state index in [4.69, 9.17) is 14.9 Å². The highest BCUT2D eigenvalue weighted by molar-refractivity contribution is 9.10. The maximum absolute atomic E-state index is 9.00. The van der Waals surface area contributed by atoms with E-state index in [1.807, 2.05) is 0 Å². The van der Waals surface area contributed by atoms with Gasteiger partial charge in [-0.15, -0.1) is 0 Å². The quantitative estimate of drug-likeness (QED) is 0.708. The highest BCUT2D eigenvalue weighted by Gasteiger charge is 2.05. The number of benzene rings is 1. The van der Waals surface area contributed by atoms with E-state index in [-0.39, 0.29) is 11.5 Å². The Morgan fingerprint density at radius 3 is 2.36 bits per heavy atom. The zero-order valence-corrected chi connectivity index (χ0v) is 7.42. The number of hydrogen-bond donors (Lipinski definition) is 2. The Bertz CT molecular complexity index is 273. The predicted octanol–water partition coefficient (Wildman–Crippen LogP) is 1.87. The molecule has 0 aromatic heterocycles. The first kappa shape index (κ1) is 8.20. The van der Waals surface area contributed by atoms with Crippen molar-refractivity contribution in [1.29, 1.82) is 0 Å². The lowest BCUT2D eigenvalue weighted by Crippen LogP contribution is -1.83. The second-order valence-corrected chi connectivity index (χ2v) is 2.83. The van der Waals surface area contributed by atoms with Gasteiger partial charge in [-0.2, -0.15) is 0 Å². The van der Waals surface area contributed by atoms with Crippen molar-refractivity contribution < 1.29 is 14.9 Å². The second-order valence-electron chi connectivity index (χ2n) is 1.98. The van der Waals surface area contributed by atoms with Crippen molar-refractivity contribution in [3.8, 4) is 17.2 Å². The van der Waals surface area contributed by atoms with Crippen LogP contribution in [0.3, 0.4) is 0 Å². The Morgan fingerprint density at radius 1 is 1.27 bits per heavy atom. The fraction of sp³-hybridized carbons (Fsp3) is 0.143. The van der Waals surface area contributed by atoms with Crippen LogP contribution in [-0.4, -0.2) is 17.3 Å². The van der Waals surface area contributed by atoms with Gasteiger partial charge in [-0.3, -0.25) is 0 Å². The van der Waals surface area contributed by atoms with Crippen LogP contribution in [0.15, 0.2) is 16.6 Å². The Labute approximate surface area is 72.4 Å². The molecule has 0 aliphatic heterocycles. The van der Waals surface area contributed by atoms with Crippen LogP contribution in [0.25, 0.3) is 0 Å². The molecule has 1 aromatic carbocycles. The molecule has 0 saturated carbocycles. The molecule has 0 atom stereocenters. The van der Waals surface area contributed by atoms with Gasteiger partial charge in [0.2, 0.25) is 0 Å². The minimum atomic E-state index is -0.190. The molecule has 4 heteroatoms. The van der Waals surface area contributed by atoms with Crippen LogP contribution >= 0.6 is 15.9 Å². The van der Waals surface area contributed by atoms with Crippen LogP contribution in [0.2, 0.25) is 0 Å². The van der Waals surface area contributed by atoms with E-state index in [1.54, 1.807) is 0 Å². The number of aromatic hydroxyl groups is 2. The topological polar surface area (TPSA) is 49.7 Å². The maximum Gasteiger partial charge on any atom is 0.161 e. The molecule has 0 fully saturated rings. The largest absolute Gasteiger partial charge is 0.504 e. The van der Waals surface area contributed by atoms with Crippen molar-refractivity contribution >= 4 is 15.9 Å². The third kappa shape index (κ3) is 1.57. The molecule has 60 valence electrons. The molecule has 2 N–H and O–H groups in total. The summed E-state index contributed by atoms with van der Waals surface area (Å²) in [6.07, 6.45) is 0. The number of hydrogen-bond acceptors (Lipinski definition) is 3. The number of phenolic OH excluding ortho intramolecular Hbond substituents is 2. The summed E-state index contributed by atoms with van der Waals surface area (Å²) < 4.78 is 5.47. The van der Waals surface area contributed by atoms with Gasteiger partial charge in [0.05, 0.1) is 11.6 Å². The fourth-order valence-corrected chi connectivity index (χ4v) is 1.18. The summed E-state index contributed by atoms with van der Waals surface area (Å²) in [5.41, 5.74) is 0. The van der Waals surface area contributed by atoms with Gasteiger partial charge in [-0.25, -0.2) is 0 Å². The molecule has 0 heterocycles. The minimum Gasteiger partial charge on any atom is -0.504 e. The summed E-state index contributed by atoms with van der Waals surface area (Å²) in [7, 11) is 1.48. The van der Waals surface area contributed by atoms with Crippen LogP contribution in [0.1, 0.15) is 0 Å². The van der Waals surface area contributed by atoms with Crippen molar-refractivity contribution in [3.63, 3.8) is 0 Å². The lowest BCUT2D eigenvalue weighted by molar-refractivity contribution is 0.384. The summed E-state index contributed by atoms with van der Waals surface area (Å²) in [5, 5.41) is 18.0. The average molecular weight is 219 g/mol. The zero-order valence-electron chi connectivity index (χ0n) is 5.84. The molecule has 11 heavy (non-hydrogen) atoms. The number of ether oxygens (including phenoxy) is 1. The van der Waals surface area contributed by atoms with Crippen LogP contribution in [0, 0.1) is 0 Å². The highest BCUT2D eigenvalue weighted by atomic mass is 79.9. The summed E-state index contributed by atoms with van der Waals surface area (Å²) in [5.74, 6) is 0.128. The van der Waals surface area contributed by atoms with Crippen LogP contribution < -0.4 is 4.74 Å². The Morgan fingerprint density at radius 2 is 1.82 bits per heavy atom. The lowest BCUT2D eigenvalue weighted by atomic mass is 10.3. The second kappa shape index (κ2) is 3.00. The Kier molecular flexibility index (Phi) is 2.24. The smallest absolute Gasteiger partial charge is 0.161 e. The summed E-state index contributed by atoms with van der Waals surface area (Å²) in [6.45, 7) is 0. The molecule has 0 aliphatic carbocycles. The van der Waals surface area contributed by atoms with Gasteiger partial charge in [-0.1, -0.05) is 0 Å². The van der Waals surface area contributed by atoms with Crippen molar-refractivity contribution in [2.75, 3.05) is 7.11 Å². The van der Waals surface area contributed by atoms with Crippen molar-refractivity contribution in [2.45, 2.75) is 0 Å². The van der Waals surface area contributed by atoms with Crippen molar-refractivity contribution in [2.24, 2.45) is 0 Å². The third-order valence-electron chi connectivity index (χ3n) is 1.25. The van der Waals surface area contributed by atoms with Gasteiger partial charge >= 0.3 is 0 Å². The highest BCUT2D eigenvalue weighted by Crippen LogP contribution is 2.35. The molecule has 0 unspecified atom stereocenters. The number of halogens is 1. The zero-order chi connectivity index (χ0) is 8.43. The molecule has 0 amide bonds. The van der Waals surface area contributed by atoms with Gasteiger partial charge in [-0.05, 0) is 15.9 Å². The first-order valence-electron chi connectivity index (χ1n) is 2.90. The third-order valence-corrected chi connectivity index (χ3v) is 1.87. The summed E-state index contributed by atoms with van der Waals surface area (Å²) >= 11 is 3.15. The first-order valence-corrected chi connectivity index (χ1v) is 3.70. The van der Waals surface area contributed by atoms with Crippen LogP contribution in [-0.2, 0) is 0 Å². The van der Waals surface area contributed by atoms with E-state index >= 15 is 0 Å². The van der Waals surface area contributed by atoms with Gasteiger partial charge in [0, 0.05) is 12.1 Å². The molecule has 0 spiro atoms. The number of rotatable bonds is 1. The molecule has 0 saturated heterocycles. The fourth-order valence-electron chi connectivity index (χ4n) is 0.689. The van der Waals surface area contributed by atoms with Gasteiger partial charge in [0.25, 0.3) is 0 Å². The van der Waals surface area contributed by atoms with E-state index < -0.39 is 0 Å². The molecule has 0 aliphatic rings. The maximum atomic E-state index is 9.00. The van der Waals surface area contributed by atoms with Gasteiger partial charge in [0.15, 0.2) is 11.5 Å². The average Bonchev–Trinajstić information content (AvgIpc) is 1.97.